The fourth-order valence-corrected chi connectivity index (χ4v) is 2.03. The Kier molecular flexibility index (Phi) is 4.49. The van der Waals surface area contributed by atoms with Crippen molar-refractivity contribution in [1.82, 2.24) is 15.0 Å². The van der Waals surface area contributed by atoms with Crippen molar-refractivity contribution in [2.24, 2.45) is 5.92 Å². The standard InChI is InChI=1S/C12H19N3O4/c1-8(2)5-10-13-11(19-14-10)6-15-3-4-18-7-9(15)12(16)17/h8-9H,3-7H2,1-2H3,(H,16,17). The molecule has 0 saturated carbocycles. The lowest BCUT2D eigenvalue weighted by Gasteiger charge is -2.31. The maximum Gasteiger partial charge on any atom is 0.323 e. The van der Waals surface area contributed by atoms with Gasteiger partial charge in [0.15, 0.2) is 5.82 Å². The minimum Gasteiger partial charge on any atom is -0.480 e. The number of ether oxygens (including phenoxy) is 1. The molecule has 7 nitrogen and oxygen atoms in total. The fourth-order valence-electron chi connectivity index (χ4n) is 2.03. The molecule has 1 aliphatic rings. The summed E-state index contributed by atoms with van der Waals surface area (Å²) in [5.41, 5.74) is 0. The van der Waals surface area contributed by atoms with E-state index in [4.69, 9.17) is 14.4 Å². The summed E-state index contributed by atoms with van der Waals surface area (Å²) in [5.74, 6) is 0.705. The first-order chi connectivity index (χ1) is 9.06. The second-order valence-corrected chi connectivity index (χ2v) is 5.10. The highest BCUT2D eigenvalue weighted by atomic mass is 16.5. The van der Waals surface area contributed by atoms with E-state index in [1.165, 1.54) is 0 Å². The average Bonchev–Trinajstić information content (AvgIpc) is 2.76. The lowest BCUT2D eigenvalue weighted by molar-refractivity contribution is -0.150. The molecule has 1 saturated heterocycles. The van der Waals surface area contributed by atoms with Crippen molar-refractivity contribution in [3.05, 3.63) is 11.7 Å². The number of morpholine rings is 1. The van der Waals surface area contributed by atoms with Gasteiger partial charge in [-0.2, -0.15) is 4.98 Å². The molecule has 2 rings (SSSR count). The minimum absolute atomic E-state index is 0.197. The van der Waals surface area contributed by atoms with E-state index in [0.29, 0.717) is 37.3 Å². The van der Waals surface area contributed by atoms with Crippen molar-refractivity contribution in [3.63, 3.8) is 0 Å². The van der Waals surface area contributed by atoms with Crippen LogP contribution in [0.3, 0.4) is 0 Å². The molecule has 1 fully saturated rings. The highest BCUT2D eigenvalue weighted by molar-refractivity contribution is 5.73. The molecule has 0 spiro atoms. The summed E-state index contributed by atoms with van der Waals surface area (Å²) < 4.78 is 10.3. The first kappa shape index (κ1) is 14.0. The van der Waals surface area contributed by atoms with Gasteiger partial charge in [-0.15, -0.1) is 0 Å². The van der Waals surface area contributed by atoms with Gasteiger partial charge in [-0.3, -0.25) is 9.69 Å². The lowest BCUT2D eigenvalue weighted by Crippen LogP contribution is -2.49. The van der Waals surface area contributed by atoms with Gasteiger partial charge in [0.1, 0.15) is 6.04 Å². The van der Waals surface area contributed by atoms with Gasteiger partial charge >= 0.3 is 5.97 Å². The number of hydrogen-bond acceptors (Lipinski definition) is 6. The second-order valence-electron chi connectivity index (χ2n) is 5.10. The predicted octanol–water partition coefficient (Wildman–Crippen LogP) is 0.554. The smallest absolute Gasteiger partial charge is 0.323 e. The van der Waals surface area contributed by atoms with Crippen LogP contribution in [0, 0.1) is 5.92 Å². The van der Waals surface area contributed by atoms with Gasteiger partial charge in [0.25, 0.3) is 0 Å². The van der Waals surface area contributed by atoms with E-state index in [9.17, 15) is 4.79 Å². The number of carboxylic acid groups (broad SMARTS) is 1. The molecule has 1 unspecified atom stereocenters. The molecule has 0 bridgehead atoms. The maximum absolute atomic E-state index is 11.1. The van der Waals surface area contributed by atoms with E-state index < -0.39 is 12.0 Å². The van der Waals surface area contributed by atoms with Gasteiger partial charge in [0.2, 0.25) is 5.89 Å². The normalized spacial score (nSPS) is 20.9. The maximum atomic E-state index is 11.1. The first-order valence-corrected chi connectivity index (χ1v) is 6.42. The van der Waals surface area contributed by atoms with Crippen LogP contribution in [0.2, 0.25) is 0 Å². The Morgan fingerprint density at radius 3 is 3.05 bits per heavy atom. The molecule has 0 aromatic carbocycles. The average molecular weight is 269 g/mol. The molecular formula is C12H19N3O4. The van der Waals surface area contributed by atoms with Crippen LogP contribution in [0.5, 0.6) is 0 Å². The molecule has 1 aromatic rings. The van der Waals surface area contributed by atoms with E-state index in [-0.39, 0.29) is 6.61 Å². The third-order valence-corrected chi connectivity index (χ3v) is 2.96. The van der Waals surface area contributed by atoms with Crippen LogP contribution in [-0.4, -0.2) is 51.9 Å². The molecule has 0 aliphatic carbocycles. The summed E-state index contributed by atoms with van der Waals surface area (Å²) in [4.78, 5) is 17.2. The monoisotopic (exact) mass is 269 g/mol. The zero-order chi connectivity index (χ0) is 13.8. The molecule has 0 radical (unpaired) electrons. The Bertz CT molecular complexity index is 432. The number of aliphatic carboxylic acids is 1. The number of aromatic nitrogens is 2. The highest BCUT2D eigenvalue weighted by Gasteiger charge is 2.30. The molecule has 106 valence electrons. The zero-order valence-corrected chi connectivity index (χ0v) is 11.2. The summed E-state index contributed by atoms with van der Waals surface area (Å²) >= 11 is 0. The molecule has 0 amide bonds. The number of nitrogens with zero attached hydrogens (tertiary/aromatic N) is 3. The van der Waals surface area contributed by atoms with Gasteiger partial charge in [0, 0.05) is 13.0 Å². The summed E-state index contributed by atoms with van der Waals surface area (Å²) in [6.45, 7) is 5.79. The van der Waals surface area contributed by atoms with E-state index in [2.05, 4.69) is 24.0 Å². The molecule has 1 aliphatic heterocycles. The van der Waals surface area contributed by atoms with Gasteiger partial charge in [-0.1, -0.05) is 19.0 Å². The van der Waals surface area contributed by atoms with Crippen LogP contribution in [0.1, 0.15) is 25.6 Å². The van der Waals surface area contributed by atoms with Gasteiger partial charge < -0.3 is 14.4 Å². The van der Waals surface area contributed by atoms with Crippen LogP contribution in [-0.2, 0) is 22.5 Å². The molecule has 1 N–H and O–H groups in total. The second kappa shape index (κ2) is 6.12. The Morgan fingerprint density at radius 2 is 2.37 bits per heavy atom. The van der Waals surface area contributed by atoms with Gasteiger partial charge in [-0.25, -0.2) is 0 Å². The molecule has 2 heterocycles. The third kappa shape index (κ3) is 3.74. The van der Waals surface area contributed by atoms with Crippen molar-refractivity contribution in [3.8, 4) is 0 Å². The summed E-state index contributed by atoms with van der Waals surface area (Å²) in [5, 5.41) is 13.0. The van der Waals surface area contributed by atoms with E-state index in [1.54, 1.807) is 4.90 Å². The Balaban J connectivity index is 1.98. The molecule has 7 heteroatoms. The molecule has 1 atom stereocenters. The summed E-state index contributed by atoms with van der Waals surface area (Å²) in [7, 11) is 0. The van der Waals surface area contributed by atoms with Crippen molar-refractivity contribution in [2.75, 3.05) is 19.8 Å². The quantitative estimate of drug-likeness (QED) is 0.835. The molecule has 1 aromatic heterocycles. The van der Waals surface area contributed by atoms with Crippen LogP contribution in [0.15, 0.2) is 4.52 Å². The summed E-state index contributed by atoms with van der Waals surface area (Å²) in [6, 6.07) is -0.644. The van der Waals surface area contributed by atoms with Gasteiger partial charge in [-0.05, 0) is 5.92 Å². The molecular weight excluding hydrogens is 250 g/mol. The van der Waals surface area contributed by atoms with Crippen molar-refractivity contribution >= 4 is 5.97 Å². The first-order valence-electron chi connectivity index (χ1n) is 6.42. The number of carboxylic acids is 1. The van der Waals surface area contributed by atoms with Crippen molar-refractivity contribution in [2.45, 2.75) is 32.9 Å². The predicted molar refractivity (Wildman–Crippen MR) is 65.5 cm³/mol. The number of carbonyl (C=O) groups is 1. The molecule has 19 heavy (non-hydrogen) atoms. The van der Waals surface area contributed by atoms with Crippen LogP contribution in [0.4, 0.5) is 0 Å². The Morgan fingerprint density at radius 1 is 1.58 bits per heavy atom. The van der Waals surface area contributed by atoms with Crippen LogP contribution in [0.25, 0.3) is 0 Å². The Hall–Kier alpha value is -1.47. The van der Waals surface area contributed by atoms with Crippen molar-refractivity contribution < 1.29 is 19.2 Å². The summed E-state index contributed by atoms with van der Waals surface area (Å²) in [6.07, 6.45) is 0.759. The lowest BCUT2D eigenvalue weighted by atomic mass is 10.1. The number of hydrogen-bond donors (Lipinski definition) is 1. The Labute approximate surface area is 111 Å². The van der Waals surface area contributed by atoms with Crippen LogP contribution >= 0.6 is 0 Å². The van der Waals surface area contributed by atoms with E-state index in [0.717, 1.165) is 6.42 Å². The third-order valence-electron chi connectivity index (χ3n) is 2.96. The fraction of sp³-hybridized carbons (Fsp3) is 0.750. The topological polar surface area (TPSA) is 88.7 Å². The van der Waals surface area contributed by atoms with E-state index >= 15 is 0 Å². The van der Waals surface area contributed by atoms with Crippen LogP contribution < -0.4 is 0 Å². The highest BCUT2D eigenvalue weighted by Crippen LogP contribution is 2.12. The zero-order valence-electron chi connectivity index (χ0n) is 11.2. The van der Waals surface area contributed by atoms with E-state index in [1.807, 2.05) is 0 Å². The minimum atomic E-state index is -0.887. The van der Waals surface area contributed by atoms with Crippen molar-refractivity contribution in [1.29, 1.82) is 0 Å². The SMILES string of the molecule is CC(C)Cc1noc(CN2CCOCC2C(=O)O)n1. The number of rotatable bonds is 5. The largest absolute Gasteiger partial charge is 0.480 e. The van der Waals surface area contributed by atoms with Gasteiger partial charge in [0.05, 0.1) is 19.8 Å².